The summed E-state index contributed by atoms with van der Waals surface area (Å²) in [6, 6.07) is 3.47. The Morgan fingerprint density at radius 2 is 1.26 bits per heavy atom. The number of piperidine rings is 2. The summed E-state index contributed by atoms with van der Waals surface area (Å²) in [6.45, 7) is 17.3. The normalized spacial score (nSPS) is 26.9. The second-order valence-electron chi connectivity index (χ2n) is 12.6. The van der Waals surface area contributed by atoms with E-state index in [9.17, 15) is 9.59 Å². The standard InChI is InChI=1S/C26H44N6O2/c1-23(2)13-11-17(25(5,6)31-23)29-16-10-9-15(21(27)33)20(19(16)22(28)34)30-18-12-14-24(3,4)32-26(18,7)8/h9-10,17-18,29-32H,11-14H2,1-8H3,(H2,27,33)(H2,28,34). The lowest BCUT2D eigenvalue weighted by molar-refractivity contribution is 0.0999. The van der Waals surface area contributed by atoms with Crippen molar-refractivity contribution >= 4 is 23.2 Å². The zero-order valence-corrected chi connectivity index (χ0v) is 22.1. The Morgan fingerprint density at radius 1 is 0.794 bits per heavy atom. The van der Waals surface area contributed by atoms with E-state index < -0.39 is 11.8 Å². The van der Waals surface area contributed by atoms with E-state index >= 15 is 0 Å². The lowest BCUT2D eigenvalue weighted by atomic mass is 9.78. The second-order valence-corrected chi connectivity index (χ2v) is 12.6. The van der Waals surface area contributed by atoms with Crippen LogP contribution in [-0.4, -0.2) is 46.1 Å². The molecule has 2 amide bonds. The first-order chi connectivity index (χ1) is 15.4. The van der Waals surface area contributed by atoms with Crippen molar-refractivity contribution in [3.8, 4) is 0 Å². The summed E-state index contributed by atoms with van der Waals surface area (Å²) in [5, 5.41) is 14.4. The van der Waals surface area contributed by atoms with Crippen LogP contribution in [-0.2, 0) is 0 Å². The van der Waals surface area contributed by atoms with Crippen molar-refractivity contribution in [1.29, 1.82) is 0 Å². The molecule has 0 bridgehead atoms. The van der Waals surface area contributed by atoms with Crippen molar-refractivity contribution in [2.24, 2.45) is 11.5 Å². The van der Waals surface area contributed by atoms with Crippen LogP contribution in [0.4, 0.5) is 11.4 Å². The fraction of sp³-hybridized carbons (Fsp3) is 0.692. The fourth-order valence-corrected chi connectivity index (χ4v) is 5.98. The van der Waals surface area contributed by atoms with E-state index in [0.29, 0.717) is 11.4 Å². The van der Waals surface area contributed by atoms with Gasteiger partial charge in [0.25, 0.3) is 11.8 Å². The highest BCUT2D eigenvalue weighted by molar-refractivity contribution is 6.10. The maximum atomic E-state index is 12.8. The molecule has 3 rings (SSSR count). The maximum Gasteiger partial charge on any atom is 0.252 e. The molecule has 0 radical (unpaired) electrons. The van der Waals surface area contributed by atoms with Gasteiger partial charge >= 0.3 is 0 Å². The number of primary amides is 2. The Balaban J connectivity index is 2.02. The Morgan fingerprint density at radius 3 is 1.68 bits per heavy atom. The van der Waals surface area contributed by atoms with Crippen LogP contribution in [0.15, 0.2) is 12.1 Å². The van der Waals surface area contributed by atoms with Crippen LogP contribution in [0.5, 0.6) is 0 Å². The smallest absolute Gasteiger partial charge is 0.252 e. The molecule has 8 N–H and O–H groups in total. The monoisotopic (exact) mass is 472 g/mol. The average molecular weight is 473 g/mol. The molecule has 2 aliphatic heterocycles. The number of nitrogens with one attached hydrogen (secondary N) is 4. The highest BCUT2D eigenvalue weighted by Gasteiger charge is 2.42. The summed E-state index contributed by atoms with van der Waals surface area (Å²) >= 11 is 0. The molecule has 2 atom stereocenters. The van der Waals surface area contributed by atoms with Gasteiger partial charge in [0.1, 0.15) is 0 Å². The van der Waals surface area contributed by atoms with Crippen molar-refractivity contribution in [3.05, 3.63) is 23.3 Å². The largest absolute Gasteiger partial charge is 0.380 e. The van der Waals surface area contributed by atoms with Gasteiger partial charge < -0.3 is 32.7 Å². The first-order valence-corrected chi connectivity index (χ1v) is 12.3. The van der Waals surface area contributed by atoms with Gasteiger partial charge in [-0.2, -0.15) is 0 Å². The van der Waals surface area contributed by atoms with Crippen LogP contribution in [0.1, 0.15) is 102 Å². The molecule has 2 heterocycles. The van der Waals surface area contributed by atoms with E-state index in [1.54, 1.807) is 12.1 Å². The molecular formula is C26H44N6O2. The number of benzene rings is 1. The third-order valence-corrected chi connectivity index (χ3v) is 7.54. The topological polar surface area (TPSA) is 134 Å². The molecule has 0 aliphatic carbocycles. The highest BCUT2D eigenvalue weighted by atomic mass is 16.1. The van der Waals surface area contributed by atoms with Crippen LogP contribution in [0, 0.1) is 0 Å². The molecule has 1 aromatic carbocycles. The molecule has 0 spiro atoms. The van der Waals surface area contributed by atoms with Crippen molar-refractivity contribution in [2.45, 2.75) is 115 Å². The molecule has 2 unspecified atom stereocenters. The van der Waals surface area contributed by atoms with Crippen LogP contribution in [0.2, 0.25) is 0 Å². The number of carbonyl (C=O) groups is 2. The Hall–Kier alpha value is -2.32. The van der Waals surface area contributed by atoms with Crippen LogP contribution in [0.3, 0.4) is 0 Å². The van der Waals surface area contributed by atoms with Gasteiger partial charge in [-0.3, -0.25) is 9.59 Å². The predicted octanol–water partition coefficient (Wildman–Crippen LogP) is 3.33. The molecular weight excluding hydrogens is 428 g/mol. The Kier molecular flexibility index (Phi) is 6.74. The molecule has 2 fully saturated rings. The molecule has 2 saturated heterocycles. The Labute approximate surface area is 204 Å². The summed E-state index contributed by atoms with van der Waals surface area (Å²) in [7, 11) is 0. The lowest BCUT2D eigenvalue weighted by Gasteiger charge is -2.49. The summed E-state index contributed by atoms with van der Waals surface area (Å²) in [4.78, 5) is 25.2. The van der Waals surface area contributed by atoms with E-state index in [1.807, 2.05) is 0 Å². The third-order valence-electron chi connectivity index (χ3n) is 7.54. The van der Waals surface area contributed by atoms with Gasteiger partial charge in [0.05, 0.1) is 16.8 Å². The van der Waals surface area contributed by atoms with Crippen LogP contribution < -0.4 is 32.7 Å². The Bertz CT molecular complexity index is 966. The number of hydrogen-bond acceptors (Lipinski definition) is 6. The number of carbonyl (C=O) groups excluding carboxylic acids is 2. The SMILES string of the molecule is CC1(C)CCC(Nc2ccc(C(N)=O)c(NC3CCC(C)(C)NC3(C)C)c2C(N)=O)C(C)(C)N1. The number of rotatable bonds is 6. The first kappa shape index (κ1) is 26.3. The minimum atomic E-state index is -0.600. The number of nitrogens with two attached hydrogens (primary N) is 2. The van der Waals surface area contributed by atoms with Gasteiger partial charge in [-0.05, 0) is 93.2 Å². The summed E-state index contributed by atoms with van der Waals surface area (Å²) < 4.78 is 0. The zero-order valence-electron chi connectivity index (χ0n) is 22.1. The summed E-state index contributed by atoms with van der Waals surface area (Å²) in [5.41, 5.74) is 12.7. The summed E-state index contributed by atoms with van der Waals surface area (Å²) in [6.07, 6.45) is 3.74. The van der Waals surface area contributed by atoms with E-state index in [-0.39, 0.29) is 45.4 Å². The number of anilines is 2. The van der Waals surface area contributed by atoms with Gasteiger partial charge in [-0.25, -0.2) is 0 Å². The molecule has 2 aliphatic rings. The van der Waals surface area contributed by atoms with Gasteiger partial charge in [-0.1, -0.05) is 0 Å². The van der Waals surface area contributed by atoms with Gasteiger partial charge in [0.2, 0.25) is 0 Å². The van der Waals surface area contributed by atoms with E-state index in [1.165, 1.54) is 0 Å². The van der Waals surface area contributed by atoms with Gasteiger partial charge in [0, 0.05) is 39.9 Å². The van der Waals surface area contributed by atoms with Gasteiger partial charge in [-0.15, -0.1) is 0 Å². The molecule has 8 heteroatoms. The van der Waals surface area contributed by atoms with Crippen molar-refractivity contribution in [2.75, 3.05) is 10.6 Å². The second kappa shape index (κ2) is 8.72. The lowest BCUT2D eigenvalue weighted by Crippen LogP contribution is -2.64. The minimum absolute atomic E-state index is 0.00252. The highest BCUT2D eigenvalue weighted by Crippen LogP contribution is 2.37. The van der Waals surface area contributed by atoms with E-state index in [2.05, 4.69) is 76.7 Å². The maximum absolute atomic E-state index is 12.8. The molecule has 0 aromatic heterocycles. The predicted molar refractivity (Wildman–Crippen MR) is 139 cm³/mol. The van der Waals surface area contributed by atoms with E-state index in [4.69, 9.17) is 11.5 Å². The minimum Gasteiger partial charge on any atom is -0.380 e. The molecule has 8 nitrogen and oxygen atoms in total. The fourth-order valence-electron chi connectivity index (χ4n) is 5.98. The van der Waals surface area contributed by atoms with Crippen LogP contribution in [0.25, 0.3) is 0 Å². The van der Waals surface area contributed by atoms with Crippen molar-refractivity contribution < 1.29 is 9.59 Å². The van der Waals surface area contributed by atoms with Crippen molar-refractivity contribution in [3.63, 3.8) is 0 Å². The molecule has 1 aromatic rings. The first-order valence-electron chi connectivity index (χ1n) is 12.3. The number of amides is 2. The van der Waals surface area contributed by atoms with Crippen LogP contribution >= 0.6 is 0 Å². The van der Waals surface area contributed by atoms with Gasteiger partial charge in [0.15, 0.2) is 0 Å². The average Bonchev–Trinajstić information content (AvgIpc) is 2.63. The molecule has 190 valence electrons. The number of hydrogen-bond donors (Lipinski definition) is 6. The quantitative estimate of drug-likeness (QED) is 0.376. The zero-order chi connectivity index (χ0) is 25.7. The summed E-state index contributed by atoms with van der Waals surface area (Å²) in [5.74, 6) is -1.20. The third kappa shape index (κ3) is 5.49. The van der Waals surface area contributed by atoms with E-state index in [0.717, 1.165) is 25.7 Å². The molecule has 34 heavy (non-hydrogen) atoms. The van der Waals surface area contributed by atoms with Crippen molar-refractivity contribution in [1.82, 2.24) is 10.6 Å². The molecule has 0 saturated carbocycles.